The van der Waals surface area contributed by atoms with Crippen molar-refractivity contribution in [1.82, 2.24) is 9.88 Å². The van der Waals surface area contributed by atoms with E-state index in [4.69, 9.17) is 9.47 Å². The highest BCUT2D eigenvalue weighted by Crippen LogP contribution is 2.33. The summed E-state index contributed by atoms with van der Waals surface area (Å²) in [5.41, 5.74) is 0.343. The summed E-state index contributed by atoms with van der Waals surface area (Å²) in [4.78, 5) is 31.3. The highest BCUT2D eigenvalue weighted by molar-refractivity contribution is 7.11. The van der Waals surface area contributed by atoms with Gasteiger partial charge >= 0.3 is 12.1 Å². The van der Waals surface area contributed by atoms with Gasteiger partial charge in [0, 0.05) is 23.9 Å². The molecule has 0 bridgehead atoms. The Balaban J connectivity index is 1.92. The van der Waals surface area contributed by atoms with Crippen LogP contribution in [0, 0.1) is 6.92 Å². The number of esters is 1. The monoisotopic (exact) mass is 368 g/mol. The van der Waals surface area contributed by atoms with E-state index in [1.807, 2.05) is 27.7 Å². The topological polar surface area (TPSA) is 68.7 Å². The van der Waals surface area contributed by atoms with E-state index in [-0.39, 0.29) is 18.5 Å². The van der Waals surface area contributed by atoms with E-state index in [0.29, 0.717) is 25.6 Å². The molecule has 0 radical (unpaired) electrons. The summed E-state index contributed by atoms with van der Waals surface area (Å²) in [7, 11) is 0. The Morgan fingerprint density at radius 2 is 1.92 bits per heavy atom. The number of aromatic nitrogens is 1. The van der Waals surface area contributed by atoms with Gasteiger partial charge in [0.15, 0.2) is 0 Å². The van der Waals surface area contributed by atoms with Gasteiger partial charge in [0.1, 0.15) is 5.60 Å². The summed E-state index contributed by atoms with van der Waals surface area (Å²) in [6, 6.07) is 0. The quantitative estimate of drug-likeness (QED) is 0.759. The van der Waals surface area contributed by atoms with Gasteiger partial charge in [-0.3, -0.25) is 4.79 Å². The van der Waals surface area contributed by atoms with Crippen LogP contribution in [-0.2, 0) is 20.7 Å². The van der Waals surface area contributed by atoms with Crippen LogP contribution in [0.1, 0.15) is 62.0 Å². The van der Waals surface area contributed by atoms with E-state index >= 15 is 0 Å². The van der Waals surface area contributed by atoms with Crippen molar-refractivity contribution in [1.29, 1.82) is 0 Å². The van der Waals surface area contributed by atoms with Crippen molar-refractivity contribution in [3.05, 3.63) is 15.6 Å². The Bertz CT molecular complexity index is 613. The number of amides is 1. The third-order valence-electron chi connectivity index (χ3n) is 4.02. The zero-order valence-corrected chi connectivity index (χ0v) is 16.6. The van der Waals surface area contributed by atoms with Crippen LogP contribution in [0.2, 0.25) is 0 Å². The molecule has 0 atom stereocenters. The van der Waals surface area contributed by atoms with Crippen molar-refractivity contribution in [3.63, 3.8) is 0 Å². The van der Waals surface area contributed by atoms with E-state index in [1.165, 1.54) is 0 Å². The second kappa shape index (κ2) is 8.17. The van der Waals surface area contributed by atoms with Crippen LogP contribution in [0.15, 0.2) is 0 Å². The number of carbonyl (C=O) groups is 2. The Morgan fingerprint density at radius 1 is 1.28 bits per heavy atom. The molecule has 6 nitrogen and oxygen atoms in total. The number of nitrogens with zero attached hydrogens (tertiary/aromatic N) is 2. The van der Waals surface area contributed by atoms with Crippen LogP contribution in [0.3, 0.4) is 0 Å². The van der Waals surface area contributed by atoms with Crippen molar-refractivity contribution >= 4 is 23.4 Å². The molecule has 1 fully saturated rings. The lowest BCUT2D eigenvalue weighted by Gasteiger charge is -2.32. The summed E-state index contributed by atoms with van der Waals surface area (Å²) in [5.74, 6) is 0.0977. The minimum atomic E-state index is -0.470. The summed E-state index contributed by atoms with van der Waals surface area (Å²) in [5, 5.41) is 1.06. The van der Waals surface area contributed by atoms with Gasteiger partial charge in [0.05, 0.1) is 23.7 Å². The minimum absolute atomic E-state index is 0.229. The van der Waals surface area contributed by atoms with Crippen LogP contribution >= 0.6 is 11.3 Å². The van der Waals surface area contributed by atoms with E-state index in [1.54, 1.807) is 23.2 Å². The third-order valence-corrected chi connectivity index (χ3v) is 5.20. The van der Waals surface area contributed by atoms with E-state index in [2.05, 4.69) is 4.98 Å². The Labute approximate surface area is 153 Å². The maximum absolute atomic E-state index is 12.1. The second-order valence-electron chi connectivity index (χ2n) is 7.28. The first-order valence-corrected chi connectivity index (χ1v) is 9.61. The molecule has 0 unspecified atom stereocenters. The summed E-state index contributed by atoms with van der Waals surface area (Å²) in [6.07, 6.45) is 1.72. The molecule has 7 heteroatoms. The molecular formula is C18H28N2O4S. The summed E-state index contributed by atoms with van der Waals surface area (Å²) in [6.45, 7) is 11.2. The number of hydrogen-bond acceptors (Lipinski definition) is 6. The molecule has 0 aliphatic carbocycles. The summed E-state index contributed by atoms with van der Waals surface area (Å²) < 4.78 is 10.4. The molecule has 0 N–H and O–H groups in total. The van der Waals surface area contributed by atoms with Gasteiger partial charge in [-0.2, -0.15) is 0 Å². The number of hydrogen-bond donors (Lipinski definition) is 0. The zero-order valence-electron chi connectivity index (χ0n) is 15.8. The van der Waals surface area contributed by atoms with E-state index < -0.39 is 5.60 Å². The Hall–Kier alpha value is -1.63. The predicted molar refractivity (Wildman–Crippen MR) is 97.0 cm³/mol. The number of carbonyl (C=O) groups excluding carboxylic acids is 2. The largest absolute Gasteiger partial charge is 0.466 e. The lowest BCUT2D eigenvalue weighted by Crippen LogP contribution is -2.41. The smallest absolute Gasteiger partial charge is 0.410 e. The minimum Gasteiger partial charge on any atom is -0.466 e. The molecule has 1 aromatic heterocycles. The van der Waals surface area contributed by atoms with Crippen molar-refractivity contribution < 1.29 is 19.1 Å². The molecular weight excluding hydrogens is 340 g/mol. The van der Waals surface area contributed by atoms with Crippen molar-refractivity contribution in [2.45, 2.75) is 65.4 Å². The maximum Gasteiger partial charge on any atom is 0.410 e. The van der Waals surface area contributed by atoms with Crippen LogP contribution in [-0.4, -0.2) is 47.2 Å². The van der Waals surface area contributed by atoms with Gasteiger partial charge in [0.2, 0.25) is 0 Å². The zero-order chi connectivity index (χ0) is 18.6. The van der Waals surface area contributed by atoms with Crippen molar-refractivity contribution in [2.75, 3.05) is 19.7 Å². The predicted octanol–water partition coefficient (Wildman–Crippen LogP) is 3.67. The highest BCUT2D eigenvalue weighted by atomic mass is 32.1. The van der Waals surface area contributed by atoms with Gasteiger partial charge < -0.3 is 14.4 Å². The average Bonchev–Trinajstić information content (AvgIpc) is 2.87. The fraction of sp³-hybridized carbons (Fsp3) is 0.722. The standard InChI is InChI=1S/C18H28N2O4S/c1-6-23-15(21)11-14-12(2)25-16(19-14)13-7-9-20(10-8-13)17(22)24-18(3,4)5/h13H,6-11H2,1-5H3. The van der Waals surface area contributed by atoms with E-state index in [9.17, 15) is 9.59 Å². The maximum atomic E-state index is 12.1. The van der Waals surface area contributed by atoms with Gasteiger partial charge in [-0.25, -0.2) is 9.78 Å². The number of likely N-dealkylation sites (tertiary alicyclic amines) is 1. The van der Waals surface area contributed by atoms with Crippen LogP contribution in [0.5, 0.6) is 0 Å². The SMILES string of the molecule is CCOC(=O)Cc1nc(C2CCN(C(=O)OC(C)(C)C)CC2)sc1C. The number of thiazole rings is 1. The Kier molecular flexibility index (Phi) is 6.43. The van der Waals surface area contributed by atoms with Crippen LogP contribution in [0.4, 0.5) is 4.79 Å². The lowest BCUT2D eigenvalue weighted by atomic mass is 9.98. The van der Waals surface area contributed by atoms with Crippen molar-refractivity contribution in [2.24, 2.45) is 0 Å². The molecule has 1 aliphatic rings. The van der Waals surface area contributed by atoms with Crippen molar-refractivity contribution in [3.8, 4) is 0 Å². The molecule has 0 spiro atoms. The Morgan fingerprint density at radius 3 is 2.48 bits per heavy atom. The average molecular weight is 368 g/mol. The van der Waals surface area contributed by atoms with Gasteiger partial charge in [0.25, 0.3) is 0 Å². The third kappa shape index (κ3) is 5.70. The lowest BCUT2D eigenvalue weighted by molar-refractivity contribution is -0.142. The molecule has 2 rings (SSSR count). The van der Waals surface area contributed by atoms with Gasteiger partial charge in [-0.1, -0.05) is 0 Å². The second-order valence-corrected chi connectivity index (χ2v) is 8.51. The molecule has 0 saturated carbocycles. The molecule has 140 valence electrons. The first-order valence-electron chi connectivity index (χ1n) is 8.79. The van der Waals surface area contributed by atoms with E-state index in [0.717, 1.165) is 28.4 Å². The molecule has 1 aromatic rings. The van der Waals surface area contributed by atoms with Gasteiger partial charge in [-0.05, 0) is 47.5 Å². The highest BCUT2D eigenvalue weighted by Gasteiger charge is 2.29. The first-order chi connectivity index (χ1) is 11.7. The molecule has 1 amide bonds. The molecule has 2 heterocycles. The number of ether oxygens (including phenoxy) is 2. The summed E-state index contributed by atoms with van der Waals surface area (Å²) >= 11 is 1.65. The fourth-order valence-electron chi connectivity index (χ4n) is 2.77. The molecule has 25 heavy (non-hydrogen) atoms. The normalized spacial score (nSPS) is 16.0. The number of rotatable bonds is 4. The molecule has 0 aromatic carbocycles. The molecule has 1 saturated heterocycles. The van der Waals surface area contributed by atoms with Crippen LogP contribution < -0.4 is 0 Å². The molecule has 1 aliphatic heterocycles. The number of aryl methyl sites for hydroxylation is 1. The number of piperidine rings is 1. The fourth-order valence-corrected chi connectivity index (χ4v) is 3.88. The first kappa shape index (κ1) is 19.7. The van der Waals surface area contributed by atoms with Crippen LogP contribution in [0.25, 0.3) is 0 Å². The van der Waals surface area contributed by atoms with Gasteiger partial charge in [-0.15, -0.1) is 11.3 Å².